The standard InChI is InChI=1S/C42H47N9O7S/c1-47(31-5-3-6-33(22-31)59(55,56)46-40-39-36(57-2)19-28(20-37(39)58-45-40)25-50-15-4-14-43-50)30-12-16-48(17-13-30)23-27-11-18-49(24-27)32-7-8-34-29(21-32)26-51(42(34)54)35-9-10-38(52)44-41(35)53/h3-8,14-15,19-22,27,30,35H,9-13,16-18,23-26H2,1-2H3,(H,45,46)(H,44,52,53)/t27-,35-/m0/s1. The van der Waals surface area contributed by atoms with E-state index in [4.69, 9.17) is 9.26 Å². The molecule has 2 N–H and O–H groups in total. The van der Waals surface area contributed by atoms with E-state index in [9.17, 15) is 22.8 Å². The molecule has 3 amide bonds. The average Bonchev–Trinajstić information content (AvgIpc) is 4.06. The molecular formula is C42H47N9O7S. The van der Waals surface area contributed by atoms with Gasteiger partial charge in [0.05, 0.1) is 18.6 Å². The Morgan fingerprint density at radius 2 is 1.85 bits per heavy atom. The zero-order valence-corrected chi connectivity index (χ0v) is 33.9. The van der Waals surface area contributed by atoms with Crippen LogP contribution in [-0.2, 0) is 32.7 Å². The number of carbonyl (C=O) groups is 3. The van der Waals surface area contributed by atoms with Crippen molar-refractivity contribution >= 4 is 55.9 Å². The summed E-state index contributed by atoms with van der Waals surface area (Å²) in [5.41, 5.74) is 4.73. The van der Waals surface area contributed by atoms with E-state index in [2.05, 4.69) is 41.1 Å². The number of ether oxygens (including phenoxy) is 1. The van der Waals surface area contributed by atoms with Crippen LogP contribution in [0.4, 0.5) is 17.2 Å². The van der Waals surface area contributed by atoms with Gasteiger partial charge in [-0.15, -0.1) is 0 Å². The van der Waals surface area contributed by atoms with Gasteiger partial charge in [-0.1, -0.05) is 11.2 Å². The molecule has 3 fully saturated rings. The van der Waals surface area contributed by atoms with E-state index in [1.165, 1.54) is 7.11 Å². The molecular weight excluding hydrogens is 775 g/mol. The van der Waals surface area contributed by atoms with Crippen molar-refractivity contribution in [1.29, 1.82) is 0 Å². The van der Waals surface area contributed by atoms with Crippen LogP contribution in [-0.4, -0.2) is 110 Å². The summed E-state index contributed by atoms with van der Waals surface area (Å²) in [6.45, 7) is 5.64. The van der Waals surface area contributed by atoms with Crippen LogP contribution in [0.3, 0.4) is 0 Å². The van der Waals surface area contributed by atoms with Crippen LogP contribution in [0.25, 0.3) is 11.0 Å². The van der Waals surface area contributed by atoms with Crippen molar-refractivity contribution in [3.63, 3.8) is 0 Å². The number of piperidine rings is 2. The molecule has 3 saturated heterocycles. The number of anilines is 3. The van der Waals surface area contributed by atoms with Crippen molar-refractivity contribution in [2.45, 2.75) is 62.2 Å². The third kappa shape index (κ3) is 7.71. The lowest BCUT2D eigenvalue weighted by atomic mass is 10.0. The number of carbonyl (C=O) groups excluding carboxylic acids is 3. The normalized spacial score (nSPS) is 20.3. The Balaban J connectivity index is 0.785. The highest BCUT2D eigenvalue weighted by molar-refractivity contribution is 7.92. The molecule has 6 heterocycles. The molecule has 0 saturated carbocycles. The Hall–Kier alpha value is -5.94. The molecule has 17 heteroatoms. The molecule has 0 unspecified atom stereocenters. The first-order valence-electron chi connectivity index (χ1n) is 20.1. The van der Waals surface area contributed by atoms with Crippen LogP contribution in [0.2, 0.25) is 0 Å². The number of likely N-dealkylation sites (tertiary alicyclic amines) is 1. The van der Waals surface area contributed by atoms with Crippen molar-refractivity contribution in [3.05, 3.63) is 89.7 Å². The van der Waals surface area contributed by atoms with Gasteiger partial charge in [0.15, 0.2) is 11.4 Å². The monoisotopic (exact) mass is 821 g/mol. The highest BCUT2D eigenvalue weighted by atomic mass is 32.2. The third-order valence-corrected chi connectivity index (χ3v) is 13.6. The van der Waals surface area contributed by atoms with Gasteiger partial charge in [0.25, 0.3) is 15.9 Å². The lowest BCUT2D eigenvalue weighted by Gasteiger charge is -2.38. The molecule has 59 heavy (non-hydrogen) atoms. The van der Waals surface area contributed by atoms with Gasteiger partial charge in [-0.2, -0.15) is 5.10 Å². The molecule has 4 aliphatic rings. The van der Waals surface area contributed by atoms with Gasteiger partial charge in [-0.05, 0) is 97.3 Å². The van der Waals surface area contributed by atoms with Crippen LogP contribution < -0.4 is 24.6 Å². The SMILES string of the molecule is COc1cc(Cn2cccn2)cc2onc(NS(=O)(=O)c3cccc(N(C)C4CCN(C[C@@H]5CCN(c6ccc7c(c6)CN([C@H]6CCC(=O)NC6=O)C7=O)C5)CC4)c3)c12. The first-order chi connectivity index (χ1) is 28.5. The van der Waals surface area contributed by atoms with Crippen LogP contribution in [0.1, 0.15) is 53.6 Å². The summed E-state index contributed by atoms with van der Waals surface area (Å²) < 4.78 is 43.1. The van der Waals surface area contributed by atoms with E-state index >= 15 is 0 Å². The highest BCUT2D eigenvalue weighted by Crippen LogP contribution is 2.36. The van der Waals surface area contributed by atoms with Gasteiger partial charge >= 0.3 is 0 Å². The van der Waals surface area contributed by atoms with Crippen molar-refractivity contribution in [2.24, 2.45) is 5.92 Å². The van der Waals surface area contributed by atoms with E-state index in [1.807, 2.05) is 43.6 Å². The summed E-state index contributed by atoms with van der Waals surface area (Å²) in [6.07, 6.45) is 7.13. The van der Waals surface area contributed by atoms with Gasteiger partial charge in [0, 0.05) is 88.1 Å². The molecule has 0 bridgehead atoms. The number of nitrogens with zero attached hydrogens (tertiary/aromatic N) is 7. The molecule has 9 rings (SSSR count). The highest BCUT2D eigenvalue weighted by Gasteiger charge is 2.39. The van der Waals surface area contributed by atoms with Crippen molar-refractivity contribution in [2.75, 3.05) is 61.4 Å². The maximum atomic E-state index is 13.7. The molecule has 4 aliphatic heterocycles. The quantitative estimate of drug-likeness (QED) is 0.173. The Bertz CT molecular complexity index is 2520. The summed E-state index contributed by atoms with van der Waals surface area (Å²) in [6, 6.07) is 18.1. The van der Waals surface area contributed by atoms with Gasteiger partial charge in [0.1, 0.15) is 17.2 Å². The zero-order valence-electron chi connectivity index (χ0n) is 33.0. The number of methoxy groups -OCH3 is 1. The lowest BCUT2D eigenvalue weighted by molar-refractivity contribution is -0.136. The van der Waals surface area contributed by atoms with E-state index in [0.717, 1.165) is 74.5 Å². The minimum atomic E-state index is -4.02. The first-order valence-corrected chi connectivity index (χ1v) is 21.6. The number of aromatic nitrogens is 3. The minimum Gasteiger partial charge on any atom is -0.496 e. The number of benzene rings is 3. The molecule has 0 spiro atoms. The van der Waals surface area contributed by atoms with E-state index in [1.54, 1.807) is 40.0 Å². The lowest BCUT2D eigenvalue weighted by Crippen LogP contribution is -2.52. The maximum Gasteiger partial charge on any atom is 0.263 e. The summed E-state index contributed by atoms with van der Waals surface area (Å²) >= 11 is 0. The van der Waals surface area contributed by atoms with E-state index < -0.39 is 22.0 Å². The molecule has 2 aromatic heterocycles. The average molecular weight is 822 g/mol. The summed E-state index contributed by atoms with van der Waals surface area (Å²) in [7, 11) is -0.474. The molecule has 0 aliphatic carbocycles. The van der Waals surface area contributed by atoms with Crippen LogP contribution >= 0.6 is 0 Å². The second kappa shape index (κ2) is 15.7. The van der Waals surface area contributed by atoms with Crippen LogP contribution in [0, 0.1) is 5.92 Å². The van der Waals surface area contributed by atoms with Gasteiger partial charge < -0.3 is 28.9 Å². The fourth-order valence-corrected chi connectivity index (χ4v) is 10.1. The minimum absolute atomic E-state index is 0.0566. The number of imide groups is 1. The number of fused-ring (bicyclic) bond motifs is 2. The molecule has 308 valence electrons. The smallest absolute Gasteiger partial charge is 0.263 e. The number of hydrogen-bond donors (Lipinski definition) is 2. The van der Waals surface area contributed by atoms with Crippen molar-refractivity contribution in [3.8, 4) is 5.75 Å². The number of amides is 3. The van der Waals surface area contributed by atoms with Gasteiger partial charge in [0.2, 0.25) is 11.8 Å². The molecule has 0 radical (unpaired) electrons. The number of hydrogen-bond acceptors (Lipinski definition) is 12. The summed E-state index contributed by atoms with van der Waals surface area (Å²) in [5.74, 6) is 0.168. The fraction of sp³-hybridized carbons (Fsp3) is 0.405. The van der Waals surface area contributed by atoms with E-state index in [0.29, 0.717) is 47.7 Å². The summed E-state index contributed by atoms with van der Waals surface area (Å²) in [4.78, 5) is 46.1. The van der Waals surface area contributed by atoms with Crippen LogP contribution in [0.15, 0.2) is 82.5 Å². The van der Waals surface area contributed by atoms with Gasteiger partial charge in [-0.25, -0.2) is 8.42 Å². The Morgan fingerprint density at radius 3 is 2.63 bits per heavy atom. The second-order valence-corrected chi connectivity index (χ2v) is 17.7. The van der Waals surface area contributed by atoms with Gasteiger partial charge in [-0.3, -0.25) is 29.1 Å². The third-order valence-electron chi connectivity index (χ3n) is 12.3. The summed E-state index contributed by atoms with van der Waals surface area (Å²) in [5, 5.41) is 11.1. The fourth-order valence-electron chi connectivity index (χ4n) is 9.09. The van der Waals surface area contributed by atoms with Crippen molar-refractivity contribution in [1.82, 2.24) is 30.1 Å². The first kappa shape index (κ1) is 38.6. The Morgan fingerprint density at radius 1 is 1.00 bits per heavy atom. The second-order valence-electron chi connectivity index (χ2n) is 16.0. The number of nitrogens with one attached hydrogen (secondary N) is 2. The Labute approximate surface area is 342 Å². The van der Waals surface area contributed by atoms with Crippen molar-refractivity contribution < 1.29 is 32.1 Å². The molecule has 2 atom stereocenters. The largest absolute Gasteiger partial charge is 0.496 e. The number of sulfonamides is 1. The maximum absolute atomic E-state index is 13.7. The number of rotatable bonds is 12. The molecule has 3 aromatic carbocycles. The van der Waals surface area contributed by atoms with E-state index in [-0.39, 0.29) is 35.0 Å². The zero-order chi connectivity index (χ0) is 40.8. The topological polar surface area (TPSA) is 175 Å². The van der Waals surface area contributed by atoms with Crippen LogP contribution in [0.5, 0.6) is 5.75 Å². The molecule has 5 aromatic rings. The predicted octanol–water partition coefficient (Wildman–Crippen LogP) is 4.07. The predicted molar refractivity (Wildman–Crippen MR) is 220 cm³/mol. The molecule has 16 nitrogen and oxygen atoms in total. The Kier molecular flexibility index (Phi) is 10.2.